The van der Waals surface area contributed by atoms with Crippen molar-refractivity contribution in [1.82, 2.24) is 19.5 Å². The molecular formula is C17H23N5O2. The van der Waals surface area contributed by atoms with Gasteiger partial charge in [-0.3, -0.25) is 14.7 Å². The summed E-state index contributed by atoms with van der Waals surface area (Å²) in [5.41, 5.74) is 6.77. The van der Waals surface area contributed by atoms with Crippen molar-refractivity contribution in [2.45, 2.75) is 56.5 Å². The second-order valence-corrected chi connectivity index (χ2v) is 7.05. The van der Waals surface area contributed by atoms with Gasteiger partial charge in [-0.25, -0.2) is 9.50 Å². The summed E-state index contributed by atoms with van der Waals surface area (Å²) in [5.74, 6) is 0.0285. The number of nitrogens with zero attached hydrogens (tertiary/aromatic N) is 3. The van der Waals surface area contributed by atoms with Crippen LogP contribution in [0, 0.1) is 0 Å². The van der Waals surface area contributed by atoms with E-state index in [0.717, 1.165) is 44.9 Å². The zero-order valence-corrected chi connectivity index (χ0v) is 13.7. The molecular weight excluding hydrogens is 306 g/mol. The molecule has 0 radical (unpaired) electrons. The van der Waals surface area contributed by atoms with E-state index < -0.39 is 5.54 Å². The number of fused-ring (bicyclic) bond motifs is 1. The Bertz CT molecular complexity index is 818. The number of aromatic amines is 1. The first-order valence-corrected chi connectivity index (χ1v) is 8.76. The molecule has 2 aromatic rings. The second kappa shape index (κ2) is 5.73. The van der Waals surface area contributed by atoms with Gasteiger partial charge in [0.25, 0.3) is 5.56 Å². The van der Waals surface area contributed by atoms with E-state index in [9.17, 15) is 9.59 Å². The smallest absolute Gasteiger partial charge is 0.272 e. The van der Waals surface area contributed by atoms with Gasteiger partial charge in [0.15, 0.2) is 5.65 Å². The zero-order chi connectivity index (χ0) is 16.7. The first kappa shape index (κ1) is 15.4. The maximum atomic E-state index is 13.1. The Morgan fingerprint density at radius 2 is 2.08 bits per heavy atom. The largest absolute Gasteiger partial charge is 0.332 e. The lowest BCUT2D eigenvalue weighted by Crippen LogP contribution is -2.55. The average molecular weight is 329 g/mol. The van der Waals surface area contributed by atoms with Gasteiger partial charge in [-0.1, -0.05) is 12.8 Å². The maximum absolute atomic E-state index is 13.1. The molecule has 1 atom stereocenters. The van der Waals surface area contributed by atoms with Crippen LogP contribution in [0.2, 0.25) is 0 Å². The number of piperidine rings is 1. The molecule has 7 nitrogen and oxygen atoms in total. The number of hydrogen-bond donors (Lipinski definition) is 2. The van der Waals surface area contributed by atoms with Crippen LogP contribution in [0.15, 0.2) is 23.1 Å². The number of nitrogens with one attached hydrogen (secondary N) is 1. The van der Waals surface area contributed by atoms with Crippen molar-refractivity contribution >= 4 is 11.6 Å². The summed E-state index contributed by atoms with van der Waals surface area (Å²) in [5, 5.41) is 2.84. The van der Waals surface area contributed by atoms with Crippen molar-refractivity contribution in [2.75, 3.05) is 6.54 Å². The summed E-state index contributed by atoms with van der Waals surface area (Å²) in [6, 6.07) is 3.15. The van der Waals surface area contributed by atoms with Gasteiger partial charge in [-0.05, 0) is 32.1 Å². The van der Waals surface area contributed by atoms with E-state index in [-0.39, 0.29) is 17.5 Å². The number of nitrogens with two attached hydrogens (primary N) is 1. The topological polar surface area (TPSA) is 96.5 Å². The molecule has 0 spiro atoms. The Hall–Kier alpha value is -2.15. The van der Waals surface area contributed by atoms with Gasteiger partial charge in [-0.15, -0.1) is 0 Å². The third-order valence-corrected chi connectivity index (χ3v) is 5.43. The standard InChI is InChI=1S/C17H23N5O2/c18-17(7-2-3-8-17)16(24)21-10-4-1-5-13(21)12-11-15(23)22-14(20-12)6-9-19-22/h6,9,11,13,19H,1-5,7-8,10,18H2/t13-/m0/s1. The summed E-state index contributed by atoms with van der Waals surface area (Å²) in [7, 11) is 0. The van der Waals surface area contributed by atoms with E-state index in [2.05, 4.69) is 10.1 Å². The van der Waals surface area contributed by atoms with Gasteiger partial charge >= 0.3 is 0 Å². The third kappa shape index (κ3) is 2.43. The molecule has 0 bridgehead atoms. The van der Waals surface area contributed by atoms with E-state index in [4.69, 9.17) is 5.73 Å². The number of aromatic nitrogens is 3. The van der Waals surface area contributed by atoms with E-state index in [0.29, 0.717) is 17.9 Å². The fourth-order valence-electron chi connectivity index (χ4n) is 4.11. The van der Waals surface area contributed by atoms with E-state index >= 15 is 0 Å². The van der Waals surface area contributed by atoms with E-state index in [1.165, 1.54) is 10.6 Å². The molecule has 128 valence electrons. The molecule has 4 rings (SSSR count). The molecule has 7 heteroatoms. The number of amides is 1. The van der Waals surface area contributed by atoms with Crippen LogP contribution in [0.4, 0.5) is 0 Å². The van der Waals surface area contributed by atoms with Crippen molar-refractivity contribution in [3.05, 3.63) is 34.4 Å². The van der Waals surface area contributed by atoms with Crippen LogP contribution in [-0.2, 0) is 4.79 Å². The molecule has 1 amide bonds. The molecule has 3 N–H and O–H groups in total. The Morgan fingerprint density at radius 1 is 1.29 bits per heavy atom. The highest BCUT2D eigenvalue weighted by molar-refractivity contribution is 5.87. The van der Waals surface area contributed by atoms with Crippen molar-refractivity contribution in [2.24, 2.45) is 5.73 Å². The van der Waals surface area contributed by atoms with E-state index in [1.54, 1.807) is 12.3 Å². The normalized spacial score (nSPS) is 23.7. The highest BCUT2D eigenvalue weighted by Gasteiger charge is 2.43. The monoisotopic (exact) mass is 329 g/mol. The fourth-order valence-corrected chi connectivity index (χ4v) is 4.11. The molecule has 1 saturated heterocycles. The zero-order valence-electron chi connectivity index (χ0n) is 13.7. The summed E-state index contributed by atoms with van der Waals surface area (Å²) in [6.07, 6.45) is 8.04. The predicted octanol–water partition coefficient (Wildman–Crippen LogP) is 1.35. The van der Waals surface area contributed by atoms with Crippen LogP contribution in [0.25, 0.3) is 5.65 Å². The highest BCUT2D eigenvalue weighted by atomic mass is 16.2. The number of likely N-dealkylation sites (tertiary alicyclic amines) is 1. The summed E-state index contributed by atoms with van der Waals surface area (Å²) < 4.78 is 1.40. The van der Waals surface area contributed by atoms with Gasteiger partial charge < -0.3 is 10.6 Å². The molecule has 2 aromatic heterocycles. The van der Waals surface area contributed by atoms with Crippen LogP contribution in [0.3, 0.4) is 0 Å². The van der Waals surface area contributed by atoms with Crippen molar-refractivity contribution in [1.29, 1.82) is 0 Å². The summed E-state index contributed by atoms with van der Waals surface area (Å²) in [4.78, 5) is 31.8. The molecule has 1 aliphatic carbocycles. The van der Waals surface area contributed by atoms with Gasteiger partial charge in [-0.2, -0.15) is 0 Å². The molecule has 0 aromatic carbocycles. The first-order valence-electron chi connectivity index (χ1n) is 8.76. The Kier molecular flexibility index (Phi) is 3.68. The quantitative estimate of drug-likeness (QED) is 0.869. The highest BCUT2D eigenvalue weighted by Crippen LogP contribution is 2.35. The number of rotatable bonds is 2. The number of carbonyl (C=O) groups is 1. The first-order chi connectivity index (χ1) is 11.6. The Morgan fingerprint density at radius 3 is 2.88 bits per heavy atom. The minimum Gasteiger partial charge on any atom is -0.332 e. The minimum absolute atomic E-state index is 0.0285. The number of hydrogen-bond acceptors (Lipinski definition) is 4. The molecule has 1 aliphatic heterocycles. The van der Waals surface area contributed by atoms with Crippen molar-refractivity contribution in [3.8, 4) is 0 Å². The summed E-state index contributed by atoms with van der Waals surface area (Å²) >= 11 is 0. The third-order valence-electron chi connectivity index (χ3n) is 5.43. The molecule has 0 unspecified atom stereocenters. The molecule has 1 saturated carbocycles. The van der Waals surface area contributed by atoms with E-state index in [1.807, 2.05) is 4.90 Å². The Labute approximate surface area is 139 Å². The Balaban J connectivity index is 1.70. The lowest BCUT2D eigenvalue weighted by molar-refractivity contribution is -0.141. The number of carbonyl (C=O) groups excluding carboxylic acids is 1. The van der Waals surface area contributed by atoms with Crippen molar-refractivity contribution < 1.29 is 4.79 Å². The molecule has 3 heterocycles. The van der Waals surface area contributed by atoms with Gasteiger partial charge in [0.2, 0.25) is 5.91 Å². The second-order valence-electron chi connectivity index (χ2n) is 7.05. The van der Waals surface area contributed by atoms with Gasteiger partial charge in [0.05, 0.1) is 17.3 Å². The van der Waals surface area contributed by atoms with Crippen molar-refractivity contribution in [3.63, 3.8) is 0 Å². The SMILES string of the molecule is NC1(C(=O)N2CCCC[C@H]2c2cc(=O)n3[nH]ccc3n2)CCCC1. The molecule has 2 fully saturated rings. The predicted molar refractivity (Wildman–Crippen MR) is 89.5 cm³/mol. The van der Waals surface area contributed by atoms with Crippen LogP contribution >= 0.6 is 0 Å². The lowest BCUT2D eigenvalue weighted by Gasteiger charge is -2.39. The van der Waals surface area contributed by atoms with Crippen LogP contribution in [0.1, 0.15) is 56.7 Å². The van der Waals surface area contributed by atoms with Gasteiger partial charge in [0, 0.05) is 24.9 Å². The molecule has 2 aliphatic rings. The minimum atomic E-state index is -0.733. The van der Waals surface area contributed by atoms with Gasteiger partial charge in [0.1, 0.15) is 0 Å². The summed E-state index contributed by atoms with van der Waals surface area (Å²) in [6.45, 7) is 0.691. The van der Waals surface area contributed by atoms with Crippen LogP contribution in [-0.4, -0.2) is 37.5 Å². The van der Waals surface area contributed by atoms with Crippen LogP contribution < -0.4 is 11.3 Å². The lowest BCUT2D eigenvalue weighted by atomic mass is 9.92. The fraction of sp³-hybridized carbons (Fsp3) is 0.588. The number of H-pyrrole nitrogens is 1. The maximum Gasteiger partial charge on any atom is 0.272 e. The molecule has 24 heavy (non-hydrogen) atoms. The average Bonchev–Trinajstić information content (AvgIpc) is 3.24. The van der Waals surface area contributed by atoms with Crippen LogP contribution in [0.5, 0.6) is 0 Å².